The molecule has 0 spiro atoms. The zero-order valence-corrected chi connectivity index (χ0v) is 8.23. The predicted octanol–water partition coefficient (Wildman–Crippen LogP) is 0.0803. The number of nitrogens with one attached hydrogen (secondary N) is 1. The van der Waals surface area contributed by atoms with Crippen LogP contribution in [0.25, 0.3) is 0 Å². The van der Waals surface area contributed by atoms with Crippen LogP contribution in [0.15, 0.2) is 5.38 Å². The number of ether oxygens (including phenoxy) is 1. The van der Waals surface area contributed by atoms with E-state index in [1.54, 1.807) is 7.11 Å². The first-order valence-electron chi connectivity index (χ1n) is 4.11. The lowest BCUT2D eigenvalue weighted by molar-refractivity contribution is -0.0183. The number of aromatic nitrogens is 1. The molecule has 0 unspecified atom stereocenters. The fourth-order valence-electron chi connectivity index (χ4n) is 1.26. The first-order chi connectivity index (χ1) is 6.24. The molecule has 0 atom stereocenters. The molecule has 1 fully saturated rings. The van der Waals surface area contributed by atoms with Crippen LogP contribution in [0.1, 0.15) is 10.7 Å². The molecule has 13 heavy (non-hydrogen) atoms. The van der Waals surface area contributed by atoms with Crippen LogP contribution in [0.3, 0.4) is 0 Å². The molecule has 1 aliphatic rings. The molecule has 72 valence electrons. The summed E-state index contributed by atoms with van der Waals surface area (Å²) in [5, 5.41) is 15.7. The Balaban J connectivity index is 2.12. The van der Waals surface area contributed by atoms with E-state index in [2.05, 4.69) is 10.3 Å². The predicted molar refractivity (Wildman–Crippen MR) is 49.6 cm³/mol. The normalized spacial score (nSPS) is 19.8. The van der Waals surface area contributed by atoms with Crippen LogP contribution in [0.4, 0.5) is 0 Å². The number of thiazole rings is 1. The molecule has 0 aliphatic carbocycles. The Bertz CT molecular complexity index is 296. The molecule has 1 aromatic rings. The van der Waals surface area contributed by atoms with Crippen molar-refractivity contribution in [3.8, 4) is 0 Å². The minimum atomic E-state index is -0.734. The summed E-state index contributed by atoms with van der Waals surface area (Å²) in [7, 11) is 1.64. The lowest BCUT2D eigenvalue weighted by Crippen LogP contribution is -2.56. The molecule has 1 aromatic heterocycles. The van der Waals surface area contributed by atoms with Crippen molar-refractivity contribution in [2.45, 2.75) is 12.2 Å². The molecule has 0 bridgehead atoms. The maximum Gasteiger partial charge on any atom is 0.132 e. The second kappa shape index (κ2) is 3.34. The van der Waals surface area contributed by atoms with Gasteiger partial charge < -0.3 is 15.2 Å². The van der Waals surface area contributed by atoms with Crippen molar-refractivity contribution in [1.29, 1.82) is 0 Å². The molecule has 0 radical (unpaired) electrons. The summed E-state index contributed by atoms with van der Waals surface area (Å²) >= 11 is 1.53. The number of methoxy groups -OCH3 is 1. The van der Waals surface area contributed by atoms with Gasteiger partial charge in [0.15, 0.2) is 0 Å². The monoisotopic (exact) mass is 200 g/mol. The third-order valence-electron chi connectivity index (χ3n) is 2.13. The Labute approximate surface area is 80.6 Å². The summed E-state index contributed by atoms with van der Waals surface area (Å²) in [5.74, 6) is 0. The number of β-amino-alcohol motifs (C(OH)–C–C–N with tert-alkyl or cyclic N) is 1. The summed E-state index contributed by atoms with van der Waals surface area (Å²) in [6.07, 6.45) is 0. The van der Waals surface area contributed by atoms with E-state index in [-0.39, 0.29) is 0 Å². The van der Waals surface area contributed by atoms with Crippen molar-refractivity contribution in [3.63, 3.8) is 0 Å². The number of aliphatic hydroxyl groups is 1. The molecule has 2 heterocycles. The van der Waals surface area contributed by atoms with Crippen LogP contribution in [0.5, 0.6) is 0 Å². The zero-order chi connectivity index (χ0) is 9.31. The van der Waals surface area contributed by atoms with Gasteiger partial charge in [-0.3, -0.25) is 0 Å². The summed E-state index contributed by atoms with van der Waals surface area (Å²) in [5.41, 5.74) is 0.0333. The molecule has 2 rings (SSSR count). The second-order valence-electron chi connectivity index (χ2n) is 3.19. The van der Waals surface area contributed by atoms with Gasteiger partial charge in [-0.05, 0) is 0 Å². The Morgan fingerprint density at radius 3 is 3.08 bits per heavy atom. The Morgan fingerprint density at radius 2 is 2.54 bits per heavy atom. The van der Waals surface area contributed by atoms with E-state index >= 15 is 0 Å². The van der Waals surface area contributed by atoms with E-state index in [4.69, 9.17) is 4.74 Å². The maximum absolute atomic E-state index is 9.90. The van der Waals surface area contributed by atoms with Crippen LogP contribution in [-0.4, -0.2) is 30.3 Å². The highest BCUT2D eigenvalue weighted by molar-refractivity contribution is 7.09. The standard InChI is InChI=1S/C8H12N2O2S/c1-12-2-7-10-6(3-13-7)8(11)4-9-5-8/h3,9,11H,2,4-5H2,1H3. The lowest BCUT2D eigenvalue weighted by atomic mass is 9.94. The average Bonchev–Trinajstić information content (AvgIpc) is 2.50. The van der Waals surface area contributed by atoms with Crippen molar-refractivity contribution in [2.75, 3.05) is 20.2 Å². The van der Waals surface area contributed by atoms with Gasteiger partial charge in [0.1, 0.15) is 10.6 Å². The highest BCUT2D eigenvalue weighted by atomic mass is 32.1. The third kappa shape index (κ3) is 1.60. The van der Waals surface area contributed by atoms with Crippen LogP contribution < -0.4 is 5.32 Å². The van der Waals surface area contributed by atoms with Gasteiger partial charge in [0.25, 0.3) is 0 Å². The van der Waals surface area contributed by atoms with Crippen LogP contribution in [0.2, 0.25) is 0 Å². The van der Waals surface area contributed by atoms with Crippen molar-refractivity contribution < 1.29 is 9.84 Å². The minimum absolute atomic E-state index is 0.522. The fraction of sp³-hybridized carbons (Fsp3) is 0.625. The molecule has 4 nitrogen and oxygen atoms in total. The highest BCUT2D eigenvalue weighted by Gasteiger charge is 2.38. The minimum Gasteiger partial charge on any atom is -0.381 e. The third-order valence-corrected chi connectivity index (χ3v) is 2.95. The number of rotatable bonds is 3. The van der Waals surface area contributed by atoms with E-state index in [0.29, 0.717) is 19.7 Å². The van der Waals surface area contributed by atoms with E-state index in [1.807, 2.05) is 5.38 Å². The fourth-order valence-corrected chi connectivity index (χ4v) is 2.11. The van der Waals surface area contributed by atoms with Crippen molar-refractivity contribution in [3.05, 3.63) is 16.1 Å². The van der Waals surface area contributed by atoms with E-state index in [0.717, 1.165) is 10.7 Å². The molecule has 2 N–H and O–H groups in total. The van der Waals surface area contributed by atoms with Gasteiger partial charge in [0, 0.05) is 25.6 Å². The summed E-state index contributed by atoms with van der Waals surface area (Å²) in [4.78, 5) is 4.30. The van der Waals surface area contributed by atoms with E-state index in [9.17, 15) is 5.11 Å². The molecule has 1 saturated heterocycles. The molecule has 1 aliphatic heterocycles. The van der Waals surface area contributed by atoms with Gasteiger partial charge in [0.05, 0.1) is 12.3 Å². The Morgan fingerprint density at radius 1 is 1.77 bits per heavy atom. The first kappa shape index (κ1) is 9.08. The first-order valence-corrected chi connectivity index (χ1v) is 4.99. The van der Waals surface area contributed by atoms with Crippen molar-refractivity contribution >= 4 is 11.3 Å². The van der Waals surface area contributed by atoms with Gasteiger partial charge in [-0.25, -0.2) is 4.98 Å². The number of nitrogens with zero attached hydrogens (tertiary/aromatic N) is 1. The average molecular weight is 200 g/mol. The molecule has 0 saturated carbocycles. The van der Waals surface area contributed by atoms with Gasteiger partial charge in [-0.1, -0.05) is 0 Å². The summed E-state index contributed by atoms with van der Waals surface area (Å²) in [6, 6.07) is 0. The van der Waals surface area contributed by atoms with Crippen molar-refractivity contribution in [1.82, 2.24) is 10.3 Å². The van der Waals surface area contributed by atoms with Gasteiger partial charge in [0.2, 0.25) is 0 Å². The SMILES string of the molecule is COCc1nc(C2(O)CNC2)cs1. The maximum atomic E-state index is 9.90. The highest BCUT2D eigenvalue weighted by Crippen LogP contribution is 2.26. The zero-order valence-electron chi connectivity index (χ0n) is 7.41. The molecular weight excluding hydrogens is 188 g/mol. The van der Waals surface area contributed by atoms with Crippen LogP contribution in [-0.2, 0) is 16.9 Å². The van der Waals surface area contributed by atoms with Crippen LogP contribution in [0, 0.1) is 0 Å². The van der Waals surface area contributed by atoms with Crippen LogP contribution >= 0.6 is 11.3 Å². The van der Waals surface area contributed by atoms with Gasteiger partial charge in [-0.15, -0.1) is 11.3 Å². The lowest BCUT2D eigenvalue weighted by Gasteiger charge is -2.35. The molecule has 0 amide bonds. The smallest absolute Gasteiger partial charge is 0.132 e. The van der Waals surface area contributed by atoms with E-state index in [1.165, 1.54) is 11.3 Å². The molecular formula is C8H12N2O2S. The van der Waals surface area contributed by atoms with Crippen molar-refractivity contribution in [2.24, 2.45) is 0 Å². The number of hydrogen-bond acceptors (Lipinski definition) is 5. The Hall–Kier alpha value is -0.490. The van der Waals surface area contributed by atoms with Gasteiger partial charge in [-0.2, -0.15) is 0 Å². The second-order valence-corrected chi connectivity index (χ2v) is 4.14. The topological polar surface area (TPSA) is 54.4 Å². The largest absolute Gasteiger partial charge is 0.381 e. The quantitative estimate of drug-likeness (QED) is 0.725. The van der Waals surface area contributed by atoms with Gasteiger partial charge >= 0.3 is 0 Å². The Kier molecular flexibility index (Phi) is 2.33. The summed E-state index contributed by atoms with van der Waals surface area (Å²) < 4.78 is 4.96. The van der Waals surface area contributed by atoms with E-state index < -0.39 is 5.60 Å². The molecule has 5 heteroatoms. The number of hydrogen-bond donors (Lipinski definition) is 2. The molecule has 0 aromatic carbocycles. The summed E-state index contributed by atoms with van der Waals surface area (Å²) in [6.45, 7) is 1.72.